The molecule has 0 bridgehead atoms. The highest BCUT2D eigenvalue weighted by molar-refractivity contribution is 6.30. The van der Waals surface area contributed by atoms with Crippen molar-refractivity contribution in [2.45, 2.75) is 26.7 Å². The van der Waals surface area contributed by atoms with E-state index in [9.17, 15) is 4.79 Å². The van der Waals surface area contributed by atoms with Crippen LogP contribution in [0.5, 0.6) is 0 Å². The summed E-state index contributed by atoms with van der Waals surface area (Å²) in [6.07, 6.45) is 1.47. The summed E-state index contributed by atoms with van der Waals surface area (Å²) in [7, 11) is 0. The van der Waals surface area contributed by atoms with Crippen molar-refractivity contribution in [3.8, 4) is 16.9 Å². The van der Waals surface area contributed by atoms with Gasteiger partial charge in [-0.2, -0.15) is 0 Å². The fourth-order valence-corrected chi connectivity index (χ4v) is 3.84. The van der Waals surface area contributed by atoms with Gasteiger partial charge in [0.1, 0.15) is 0 Å². The molecule has 4 rings (SSSR count). The molecule has 126 valence electrons. The van der Waals surface area contributed by atoms with E-state index in [2.05, 4.69) is 36.6 Å². The van der Waals surface area contributed by atoms with E-state index < -0.39 is 0 Å². The summed E-state index contributed by atoms with van der Waals surface area (Å²) < 4.78 is 2.22. The fraction of sp³-hybridized carbons (Fsp3) is 0.227. The molecule has 0 spiro atoms. The van der Waals surface area contributed by atoms with Crippen molar-refractivity contribution in [3.63, 3.8) is 0 Å². The van der Waals surface area contributed by atoms with Crippen LogP contribution in [0.2, 0.25) is 5.02 Å². The Morgan fingerprint density at radius 1 is 0.960 bits per heavy atom. The maximum atomic E-state index is 12.7. The smallest absolute Gasteiger partial charge is 0.165 e. The quantitative estimate of drug-likeness (QED) is 0.560. The SMILES string of the molecule is CC1(C)CC(=O)c2cc(-c3ccccc3)n(-c3ccc(Cl)cc3)c2C1. The van der Waals surface area contributed by atoms with Crippen LogP contribution >= 0.6 is 11.6 Å². The summed E-state index contributed by atoms with van der Waals surface area (Å²) in [5, 5.41) is 0.711. The third kappa shape index (κ3) is 2.91. The standard InChI is InChI=1S/C22H20ClNO/c1-22(2)13-20-18(21(25)14-22)12-19(15-6-4-3-5-7-15)24(20)17-10-8-16(23)9-11-17/h3-12H,13-14H2,1-2H3. The maximum absolute atomic E-state index is 12.7. The number of rotatable bonds is 2. The molecule has 1 aromatic heterocycles. The van der Waals surface area contributed by atoms with Gasteiger partial charge < -0.3 is 4.57 Å². The van der Waals surface area contributed by atoms with Gasteiger partial charge in [-0.3, -0.25) is 4.79 Å². The Labute approximate surface area is 153 Å². The second-order valence-electron chi connectivity index (χ2n) is 7.51. The molecule has 1 aliphatic rings. The number of hydrogen-bond donors (Lipinski definition) is 0. The minimum Gasteiger partial charge on any atom is -0.313 e. The van der Waals surface area contributed by atoms with E-state index in [1.54, 1.807) is 0 Å². The average molecular weight is 350 g/mol. The van der Waals surface area contributed by atoms with Crippen LogP contribution in [0.4, 0.5) is 0 Å². The summed E-state index contributed by atoms with van der Waals surface area (Å²) in [6, 6.07) is 20.1. The highest BCUT2D eigenvalue weighted by Gasteiger charge is 2.34. The minimum absolute atomic E-state index is 0.0272. The van der Waals surface area contributed by atoms with Crippen LogP contribution in [0.1, 0.15) is 36.3 Å². The molecule has 3 aromatic rings. The van der Waals surface area contributed by atoms with Crippen molar-refractivity contribution < 1.29 is 4.79 Å². The maximum Gasteiger partial charge on any atom is 0.165 e. The molecule has 0 fully saturated rings. The molecule has 0 amide bonds. The van der Waals surface area contributed by atoms with Gasteiger partial charge in [0.25, 0.3) is 0 Å². The summed E-state index contributed by atoms with van der Waals surface area (Å²) >= 11 is 6.08. The number of carbonyl (C=O) groups is 1. The molecule has 0 saturated carbocycles. The summed E-state index contributed by atoms with van der Waals surface area (Å²) in [5.74, 6) is 0.233. The van der Waals surface area contributed by atoms with Gasteiger partial charge >= 0.3 is 0 Å². The van der Waals surface area contributed by atoms with Crippen LogP contribution in [-0.2, 0) is 6.42 Å². The predicted octanol–water partition coefficient (Wildman–Crippen LogP) is 5.95. The number of aromatic nitrogens is 1. The molecular weight excluding hydrogens is 330 g/mol. The molecule has 1 heterocycles. The first-order valence-electron chi connectivity index (χ1n) is 8.54. The highest BCUT2D eigenvalue weighted by Crippen LogP contribution is 2.40. The summed E-state index contributed by atoms with van der Waals surface area (Å²) in [4.78, 5) is 12.7. The van der Waals surface area contributed by atoms with Gasteiger partial charge in [0.15, 0.2) is 5.78 Å². The zero-order valence-corrected chi connectivity index (χ0v) is 15.2. The fourth-order valence-electron chi connectivity index (χ4n) is 3.72. The minimum atomic E-state index is -0.0272. The zero-order chi connectivity index (χ0) is 17.6. The Bertz CT molecular complexity index is 936. The molecular formula is C22H20ClNO. The van der Waals surface area contributed by atoms with Crippen LogP contribution in [-0.4, -0.2) is 10.4 Å². The Hall–Kier alpha value is -2.32. The van der Waals surface area contributed by atoms with E-state index in [4.69, 9.17) is 11.6 Å². The van der Waals surface area contributed by atoms with Crippen molar-refractivity contribution in [3.05, 3.63) is 76.9 Å². The number of halogens is 1. The highest BCUT2D eigenvalue weighted by atomic mass is 35.5. The van der Waals surface area contributed by atoms with Crippen molar-refractivity contribution in [2.75, 3.05) is 0 Å². The summed E-state index contributed by atoms with van der Waals surface area (Å²) in [6.45, 7) is 4.32. The van der Waals surface area contributed by atoms with Crippen LogP contribution in [0.15, 0.2) is 60.7 Å². The molecule has 25 heavy (non-hydrogen) atoms. The zero-order valence-electron chi connectivity index (χ0n) is 14.4. The Morgan fingerprint density at radius 3 is 2.32 bits per heavy atom. The Balaban J connectivity index is 1.99. The van der Waals surface area contributed by atoms with E-state index in [1.165, 1.54) is 0 Å². The number of carbonyl (C=O) groups excluding carboxylic acids is 1. The first kappa shape index (κ1) is 16.2. The largest absolute Gasteiger partial charge is 0.313 e. The van der Waals surface area contributed by atoms with Gasteiger partial charge in [0.05, 0.1) is 5.69 Å². The lowest BCUT2D eigenvalue weighted by atomic mass is 9.76. The van der Waals surface area contributed by atoms with Gasteiger partial charge in [-0.25, -0.2) is 0 Å². The summed E-state index contributed by atoms with van der Waals surface area (Å²) in [5.41, 5.74) is 5.13. The molecule has 0 aliphatic heterocycles. The number of benzene rings is 2. The third-order valence-electron chi connectivity index (χ3n) is 4.84. The predicted molar refractivity (Wildman–Crippen MR) is 103 cm³/mol. The van der Waals surface area contributed by atoms with Crippen molar-refractivity contribution in [1.82, 2.24) is 4.57 Å². The van der Waals surface area contributed by atoms with Crippen LogP contribution in [0.25, 0.3) is 16.9 Å². The van der Waals surface area contributed by atoms with Gasteiger partial charge in [0.2, 0.25) is 0 Å². The van der Waals surface area contributed by atoms with E-state index in [0.29, 0.717) is 11.4 Å². The van der Waals surface area contributed by atoms with Gasteiger partial charge in [-0.15, -0.1) is 0 Å². The topological polar surface area (TPSA) is 22.0 Å². The molecule has 0 radical (unpaired) electrons. The first-order chi connectivity index (χ1) is 11.9. The first-order valence-corrected chi connectivity index (χ1v) is 8.92. The van der Waals surface area contributed by atoms with Gasteiger partial charge in [0, 0.05) is 28.4 Å². The Kier molecular flexibility index (Phi) is 3.81. The molecule has 1 aliphatic carbocycles. The molecule has 0 saturated heterocycles. The normalized spacial score (nSPS) is 15.9. The number of fused-ring (bicyclic) bond motifs is 1. The van der Waals surface area contributed by atoms with Crippen molar-refractivity contribution in [2.24, 2.45) is 5.41 Å². The number of ketones is 1. The average Bonchev–Trinajstić information content (AvgIpc) is 2.95. The van der Waals surface area contributed by atoms with Crippen LogP contribution in [0, 0.1) is 5.41 Å². The molecule has 0 unspecified atom stereocenters. The molecule has 0 atom stereocenters. The third-order valence-corrected chi connectivity index (χ3v) is 5.09. The number of nitrogens with zero attached hydrogens (tertiary/aromatic N) is 1. The molecule has 3 heteroatoms. The monoisotopic (exact) mass is 349 g/mol. The second-order valence-corrected chi connectivity index (χ2v) is 7.95. The second kappa shape index (κ2) is 5.89. The van der Waals surface area contributed by atoms with Gasteiger partial charge in [-0.1, -0.05) is 55.8 Å². The van der Waals surface area contributed by atoms with Gasteiger partial charge in [-0.05, 0) is 47.7 Å². The van der Waals surface area contributed by atoms with E-state index in [0.717, 1.165) is 34.6 Å². The van der Waals surface area contributed by atoms with E-state index in [-0.39, 0.29) is 11.2 Å². The number of Topliss-reactive ketones (excluding diaryl/α,β-unsaturated/α-hetero) is 1. The molecule has 0 N–H and O–H groups in total. The van der Waals surface area contributed by atoms with Crippen LogP contribution in [0.3, 0.4) is 0 Å². The van der Waals surface area contributed by atoms with Crippen molar-refractivity contribution >= 4 is 17.4 Å². The lowest BCUT2D eigenvalue weighted by Crippen LogP contribution is -2.27. The van der Waals surface area contributed by atoms with Crippen LogP contribution < -0.4 is 0 Å². The Morgan fingerprint density at radius 2 is 1.64 bits per heavy atom. The molecule has 2 aromatic carbocycles. The lowest BCUT2D eigenvalue weighted by Gasteiger charge is -2.30. The van der Waals surface area contributed by atoms with E-state index >= 15 is 0 Å². The van der Waals surface area contributed by atoms with E-state index in [1.807, 2.05) is 42.5 Å². The number of hydrogen-bond acceptors (Lipinski definition) is 1. The lowest BCUT2D eigenvalue weighted by molar-refractivity contribution is 0.0911. The molecule has 2 nitrogen and oxygen atoms in total. The van der Waals surface area contributed by atoms with Crippen molar-refractivity contribution in [1.29, 1.82) is 0 Å².